The molecule has 0 aromatic carbocycles. The third-order valence-electron chi connectivity index (χ3n) is 2.16. The zero-order valence-electron chi connectivity index (χ0n) is 10.5. The van der Waals surface area contributed by atoms with Gasteiger partial charge in [-0.05, 0) is 25.4 Å². The number of aromatic nitrogens is 2. The van der Waals surface area contributed by atoms with E-state index < -0.39 is 4.92 Å². The lowest BCUT2D eigenvalue weighted by molar-refractivity contribution is -0.384. The predicted octanol–water partition coefficient (Wildman–Crippen LogP) is 1.90. The van der Waals surface area contributed by atoms with Crippen molar-refractivity contribution in [2.24, 2.45) is 0 Å². The van der Waals surface area contributed by atoms with Crippen LogP contribution in [0.1, 0.15) is 13.8 Å². The molecule has 0 N–H and O–H groups in total. The fourth-order valence-corrected chi connectivity index (χ4v) is 1.42. The van der Waals surface area contributed by atoms with Gasteiger partial charge in [0.15, 0.2) is 0 Å². The van der Waals surface area contributed by atoms with E-state index in [4.69, 9.17) is 16.3 Å². The molecule has 8 heteroatoms. The van der Waals surface area contributed by atoms with Crippen molar-refractivity contribution in [3.8, 4) is 0 Å². The molecule has 1 aromatic heterocycles. The molecule has 18 heavy (non-hydrogen) atoms. The van der Waals surface area contributed by atoms with Crippen molar-refractivity contribution in [1.82, 2.24) is 9.97 Å². The third-order valence-corrected chi connectivity index (χ3v) is 2.34. The molecular formula is C10H15ClN4O3. The van der Waals surface area contributed by atoms with Crippen LogP contribution in [0.3, 0.4) is 0 Å². The van der Waals surface area contributed by atoms with Crippen LogP contribution in [0.25, 0.3) is 0 Å². The molecule has 0 bridgehead atoms. The normalized spacial score (nSPS) is 10.7. The van der Waals surface area contributed by atoms with Crippen LogP contribution in [0.4, 0.5) is 11.5 Å². The van der Waals surface area contributed by atoms with Crippen LogP contribution in [0.5, 0.6) is 0 Å². The summed E-state index contributed by atoms with van der Waals surface area (Å²) in [5, 5.41) is 10.8. The second kappa shape index (κ2) is 6.46. The van der Waals surface area contributed by atoms with E-state index in [9.17, 15) is 10.1 Å². The van der Waals surface area contributed by atoms with Gasteiger partial charge in [-0.3, -0.25) is 10.1 Å². The van der Waals surface area contributed by atoms with Crippen LogP contribution >= 0.6 is 11.6 Å². The maximum absolute atomic E-state index is 10.8. The highest BCUT2D eigenvalue weighted by Gasteiger charge is 2.20. The van der Waals surface area contributed by atoms with Gasteiger partial charge in [-0.15, -0.1) is 0 Å². The quantitative estimate of drug-likeness (QED) is 0.448. The van der Waals surface area contributed by atoms with Crippen LogP contribution in [0, 0.1) is 10.1 Å². The lowest BCUT2D eigenvalue weighted by Crippen LogP contribution is -2.25. The van der Waals surface area contributed by atoms with E-state index in [1.807, 2.05) is 13.8 Å². The highest BCUT2D eigenvalue weighted by molar-refractivity contribution is 6.28. The van der Waals surface area contributed by atoms with Crippen molar-refractivity contribution in [3.63, 3.8) is 0 Å². The van der Waals surface area contributed by atoms with E-state index in [1.54, 1.807) is 11.9 Å². The molecule has 0 spiro atoms. The molecular weight excluding hydrogens is 260 g/mol. The predicted molar refractivity (Wildman–Crippen MR) is 68.1 cm³/mol. The first-order valence-corrected chi connectivity index (χ1v) is 5.79. The van der Waals surface area contributed by atoms with E-state index in [1.165, 1.54) is 0 Å². The van der Waals surface area contributed by atoms with Gasteiger partial charge < -0.3 is 9.64 Å². The molecule has 0 aliphatic rings. The third kappa shape index (κ3) is 4.08. The zero-order chi connectivity index (χ0) is 13.7. The van der Waals surface area contributed by atoms with Gasteiger partial charge in [0.2, 0.25) is 11.1 Å². The molecule has 0 atom stereocenters. The van der Waals surface area contributed by atoms with Gasteiger partial charge in [0, 0.05) is 13.6 Å². The zero-order valence-corrected chi connectivity index (χ0v) is 11.2. The summed E-state index contributed by atoms with van der Waals surface area (Å²) in [6, 6.07) is 0. The van der Waals surface area contributed by atoms with Crippen molar-refractivity contribution in [2.75, 3.05) is 25.1 Å². The fraction of sp³-hybridized carbons (Fsp3) is 0.600. The number of nitro groups is 1. The van der Waals surface area contributed by atoms with E-state index in [-0.39, 0.29) is 22.9 Å². The molecule has 0 aliphatic carbocycles. The maximum atomic E-state index is 10.8. The molecule has 0 radical (unpaired) electrons. The summed E-state index contributed by atoms with van der Waals surface area (Å²) in [5.41, 5.74) is -0.175. The summed E-state index contributed by atoms with van der Waals surface area (Å²) in [6.45, 7) is 4.77. The Balaban J connectivity index is 2.80. The van der Waals surface area contributed by atoms with Crippen molar-refractivity contribution in [3.05, 3.63) is 21.6 Å². The van der Waals surface area contributed by atoms with Gasteiger partial charge in [-0.1, -0.05) is 0 Å². The monoisotopic (exact) mass is 274 g/mol. The molecule has 1 aromatic rings. The Morgan fingerprint density at radius 3 is 2.83 bits per heavy atom. The molecule has 0 unspecified atom stereocenters. The van der Waals surface area contributed by atoms with Crippen LogP contribution < -0.4 is 4.90 Å². The topological polar surface area (TPSA) is 81.4 Å². The lowest BCUT2D eigenvalue weighted by atomic mass is 10.4. The first kappa shape index (κ1) is 14.6. The summed E-state index contributed by atoms with van der Waals surface area (Å²) in [7, 11) is 1.69. The van der Waals surface area contributed by atoms with Gasteiger partial charge in [0.1, 0.15) is 6.20 Å². The molecule has 0 saturated heterocycles. The van der Waals surface area contributed by atoms with Gasteiger partial charge in [0.25, 0.3) is 0 Å². The summed E-state index contributed by atoms with van der Waals surface area (Å²) in [5.74, 6) is 0.187. The second-order valence-electron chi connectivity index (χ2n) is 3.95. The lowest BCUT2D eigenvalue weighted by Gasteiger charge is -2.18. The highest BCUT2D eigenvalue weighted by atomic mass is 35.5. The Bertz CT molecular complexity index is 428. The smallest absolute Gasteiger partial charge is 0.329 e. The van der Waals surface area contributed by atoms with Gasteiger partial charge in [-0.2, -0.15) is 4.98 Å². The van der Waals surface area contributed by atoms with Crippen LogP contribution in [0.15, 0.2) is 6.20 Å². The summed E-state index contributed by atoms with van der Waals surface area (Å²) in [6.07, 6.45) is 1.21. The molecule has 100 valence electrons. The number of ether oxygens (including phenoxy) is 1. The standard InChI is InChI=1S/C10H15ClN4O3/c1-7(2)18-5-4-14(3)9-8(15(16)17)6-12-10(11)13-9/h6-7H,4-5H2,1-3H3. The Morgan fingerprint density at radius 1 is 1.61 bits per heavy atom. The fourth-order valence-electron chi connectivity index (χ4n) is 1.29. The molecule has 1 heterocycles. The number of hydrogen-bond donors (Lipinski definition) is 0. The van der Waals surface area contributed by atoms with Crippen molar-refractivity contribution >= 4 is 23.1 Å². The SMILES string of the molecule is CC(C)OCCN(C)c1nc(Cl)ncc1[N+](=O)[O-]. The molecule has 0 aliphatic heterocycles. The van der Waals surface area contributed by atoms with Crippen LogP contribution in [-0.2, 0) is 4.74 Å². The maximum Gasteiger partial charge on any atom is 0.329 e. The Labute approximate surface area is 110 Å². The number of halogens is 1. The van der Waals surface area contributed by atoms with Crippen LogP contribution in [0.2, 0.25) is 5.28 Å². The first-order valence-electron chi connectivity index (χ1n) is 5.41. The first-order chi connectivity index (χ1) is 8.41. The Morgan fingerprint density at radius 2 is 2.28 bits per heavy atom. The number of anilines is 1. The van der Waals surface area contributed by atoms with E-state index in [0.29, 0.717) is 13.2 Å². The summed E-state index contributed by atoms with van der Waals surface area (Å²) >= 11 is 5.65. The van der Waals surface area contributed by atoms with E-state index >= 15 is 0 Å². The molecule has 0 amide bonds. The molecule has 7 nitrogen and oxygen atoms in total. The van der Waals surface area contributed by atoms with Gasteiger partial charge in [0.05, 0.1) is 17.6 Å². The number of nitrogens with zero attached hydrogens (tertiary/aromatic N) is 4. The summed E-state index contributed by atoms with van der Waals surface area (Å²) < 4.78 is 5.38. The minimum absolute atomic E-state index is 0.0211. The number of hydrogen-bond acceptors (Lipinski definition) is 6. The number of likely N-dealkylation sites (N-methyl/N-ethyl adjacent to an activating group) is 1. The number of rotatable bonds is 6. The minimum atomic E-state index is -0.536. The van der Waals surface area contributed by atoms with Crippen molar-refractivity contribution in [1.29, 1.82) is 0 Å². The minimum Gasteiger partial charge on any atom is -0.377 e. The van der Waals surface area contributed by atoms with Gasteiger partial charge >= 0.3 is 5.69 Å². The van der Waals surface area contributed by atoms with E-state index in [0.717, 1.165) is 6.20 Å². The molecule has 0 fully saturated rings. The average molecular weight is 275 g/mol. The van der Waals surface area contributed by atoms with E-state index in [2.05, 4.69) is 9.97 Å². The second-order valence-corrected chi connectivity index (χ2v) is 4.28. The van der Waals surface area contributed by atoms with Gasteiger partial charge in [-0.25, -0.2) is 4.98 Å². The molecule has 0 saturated carbocycles. The van der Waals surface area contributed by atoms with Crippen LogP contribution in [-0.4, -0.2) is 41.2 Å². The van der Waals surface area contributed by atoms with Crippen molar-refractivity contribution < 1.29 is 9.66 Å². The molecule has 1 rings (SSSR count). The average Bonchev–Trinajstić information content (AvgIpc) is 2.27. The Hall–Kier alpha value is -1.47. The van der Waals surface area contributed by atoms with Crippen molar-refractivity contribution in [2.45, 2.75) is 20.0 Å². The largest absolute Gasteiger partial charge is 0.377 e. The summed E-state index contributed by atoms with van der Waals surface area (Å²) in [4.78, 5) is 19.4. The Kier molecular flexibility index (Phi) is 5.24. The highest BCUT2D eigenvalue weighted by Crippen LogP contribution is 2.24.